The van der Waals surface area contributed by atoms with Crippen molar-refractivity contribution in [1.29, 1.82) is 0 Å². The Morgan fingerprint density at radius 3 is 2.59 bits per heavy atom. The quantitative estimate of drug-likeness (QED) is 0.573. The Morgan fingerprint density at radius 1 is 1.12 bits per heavy atom. The number of nitrogen functional groups attached to an aromatic ring is 1. The van der Waals surface area contributed by atoms with E-state index in [9.17, 15) is 4.39 Å². The highest BCUT2D eigenvalue weighted by Gasteiger charge is 1.97. The molecule has 0 spiro atoms. The minimum atomic E-state index is -0.444. The second-order valence-corrected chi connectivity index (χ2v) is 3.81. The molecule has 0 unspecified atom stereocenters. The van der Waals surface area contributed by atoms with Crippen LogP contribution in [0.2, 0.25) is 5.02 Å². The summed E-state index contributed by atoms with van der Waals surface area (Å²) in [5.74, 6) is 5.29. The summed E-state index contributed by atoms with van der Waals surface area (Å²) in [7, 11) is 0. The first-order valence-corrected chi connectivity index (χ1v) is 5.20. The average Bonchev–Trinajstić information content (AvgIpc) is 2.31. The molecule has 0 radical (unpaired) electrons. The van der Waals surface area contributed by atoms with Crippen molar-refractivity contribution >= 4 is 17.3 Å². The van der Waals surface area contributed by atoms with E-state index in [2.05, 4.69) is 16.8 Å². The molecule has 0 bridgehead atoms. The van der Waals surface area contributed by atoms with E-state index < -0.39 is 5.82 Å². The first-order valence-electron chi connectivity index (χ1n) is 4.83. The van der Waals surface area contributed by atoms with Gasteiger partial charge in [-0.15, -0.1) is 0 Å². The van der Waals surface area contributed by atoms with Crippen LogP contribution in [-0.4, -0.2) is 4.98 Å². The summed E-state index contributed by atoms with van der Waals surface area (Å²) in [5.41, 5.74) is 6.86. The van der Waals surface area contributed by atoms with Crippen molar-refractivity contribution in [2.24, 2.45) is 0 Å². The summed E-state index contributed by atoms with van der Waals surface area (Å²) in [6.07, 6.45) is 3.13. The smallest absolute Gasteiger partial charge is 0.146 e. The molecule has 17 heavy (non-hydrogen) atoms. The molecule has 84 valence electrons. The third-order valence-corrected chi connectivity index (χ3v) is 2.26. The Morgan fingerprint density at radius 2 is 1.88 bits per heavy atom. The summed E-state index contributed by atoms with van der Waals surface area (Å²) in [5, 5.41) is 0.524. The summed E-state index contributed by atoms with van der Waals surface area (Å²) in [4.78, 5) is 3.91. The number of nitrogens with zero attached hydrogens (tertiary/aromatic N) is 1. The van der Waals surface area contributed by atoms with Crippen LogP contribution in [-0.2, 0) is 0 Å². The van der Waals surface area contributed by atoms with Gasteiger partial charge in [-0.05, 0) is 24.3 Å². The second-order valence-electron chi connectivity index (χ2n) is 3.38. The lowest BCUT2D eigenvalue weighted by Crippen LogP contribution is -1.90. The molecule has 0 fully saturated rings. The van der Waals surface area contributed by atoms with Crippen LogP contribution in [0.1, 0.15) is 11.1 Å². The van der Waals surface area contributed by atoms with Gasteiger partial charge < -0.3 is 5.73 Å². The van der Waals surface area contributed by atoms with E-state index in [1.54, 1.807) is 18.3 Å². The summed E-state index contributed by atoms with van der Waals surface area (Å²) < 4.78 is 12.9. The highest BCUT2D eigenvalue weighted by Crippen LogP contribution is 2.12. The SMILES string of the molecule is Nc1cc(C#Cc2cncc(Cl)c2)ccc1F. The zero-order chi connectivity index (χ0) is 12.3. The molecule has 2 N–H and O–H groups in total. The van der Waals surface area contributed by atoms with E-state index in [-0.39, 0.29) is 5.69 Å². The minimum Gasteiger partial charge on any atom is -0.396 e. The Bertz CT molecular complexity index is 614. The maximum absolute atomic E-state index is 12.9. The van der Waals surface area contributed by atoms with Gasteiger partial charge in [-0.25, -0.2) is 4.39 Å². The van der Waals surface area contributed by atoms with Gasteiger partial charge >= 0.3 is 0 Å². The van der Waals surface area contributed by atoms with Crippen molar-refractivity contribution in [2.45, 2.75) is 0 Å². The largest absolute Gasteiger partial charge is 0.396 e. The number of benzene rings is 1. The van der Waals surface area contributed by atoms with Gasteiger partial charge in [0, 0.05) is 23.5 Å². The normalized spacial score (nSPS) is 9.53. The maximum Gasteiger partial charge on any atom is 0.146 e. The van der Waals surface area contributed by atoms with Crippen LogP contribution in [0.5, 0.6) is 0 Å². The molecular weight excluding hydrogens is 239 g/mol. The first kappa shape index (κ1) is 11.4. The third-order valence-electron chi connectivity index (χ3n) is 2.05. The summed E-state index contributed by atoms with van der Waals surface area (Å²) >= 11 is 5.77. The molecule has 0 aliphatic heterocycles. The highest BCUT2D eigenvalue weighted by atomic mass is 35.5. The van der Waals surface area contributed by atoms with Gasteiger partial charge in [0.15, 0.2) is 0 Å². The molecule has 4 heteroatoms. The van der Waals surface area contributed by atoms with Crippen LogP contribution in [0.25, 0.3) is 0 Å². The molecule has 0 saturated carbocycles. The maximum atomic E-state index is 12.9. The van der Waals surface area contributed by atoms with Gasteiger partial charge in [0.25, 0.3) is 0 Å². The molecule has 0 saturated heterocycles. The van der Waals surface area contributed by atoms with Crippen molar-refractivity contribution in [1.82, 2.24) is 4.98 Å². The zero-order valence-electron chi connectivity index (χ0n) is 8.74. The van der Waals surface area contributed by atoms with Gasteiger partial charge in [0.2, 0.25) is 0 Å². The van der Waals surface area contributed by atoms with Gasteiger partial charge in [-0.1, -0.05) is 23.4 Å². The average molecular weight is 247 g/mol. The molecule has 2 aromatic rings. The van der Waals surface area contributed by atoms with Crippen LogP contribution in [0.15, 0.2) is 36.7 Å². The number of hydrogen-bond donors (Lipinski definition) is 1. The molecule has 0 aliphatic rings. The zero-order valence-corrected chi connectivity index (χ0v) is 9.50. The standard InChI is InChI=1S/C13H8ClFN2/c14-11-5-10(7-17-8-11)2-1-9-3-4-12(15)13(16)6-9/h3-8H,16H2. The van der Waals surface area contributed by atoms with Crippen molar-refractivity contribution in [3.05, 3.63) is 58.6 Å². The molecule has 2 nitrogen and oxygen atoms in total. The monoisotopic (exact) mass is 246 g/mol. The fourth-order valence-corrected chi connectivity index (χ4v) is 1.42. The first-order chi connectivity index (χ1) is 8.15. The molecule has 0 amide bonds. The minimum absolute atomic E-state index is 0.0843. The summed E-state index contributed by atoms with van der Waals surface area (Å²) in [6, 6.07) is 6.04. The second kappa shape index (κ2) is 4.86. The lowest BCUT2D eigenvalue weighted by Gasteiger charge is -1.96. The van der Waals surface area contributed by atoms with Crippen molar-refractivity contribution < 1.29 is 4.39 Å². The van der Waals surface area contributed by atoms with E-state index in [0.717, 1.165) is 0 Å². The topological polar surface area (TPSA) is 38.9 Å². The molecule has 2 rings (SSSR count). The van der Waals surface area contributed by atoms with Gasteiger partial charge in [0.05, 0.1) is 10.7 Å². The van der Waals surface area contributed by atoms with Crippen LogP contribution in [0, 0.1) is 17.7 Å². The highest BCUT2D eigenvalue weighted by molar-refractivity contribution is 6.30. The summed E-state index contributed by atoms with van der Waals surface area (Å²) in [6.45, 7) is 0. The van der Waals surface area contributed by atoms with E-state index in [0.29, 0.717) is 16.1 Å². The molecule has 0 atom stereocenters. The predicted molar refractivity (Wildman–Crippen MR) is 66.0 cm³/mol. The molecule has 0 aliphatic carbocycles. The van der Waals surface area contributed by atoms with E-state index in [4.69, 9.17) is 17.3 Å². The Kier molecular flexibility index (Phi) is 3.27. The van der Waals surface area contributed by atoms with E-state index >= 15 is 0 Å². The van der Waals surface area contributed by atoms with Gasteiger partial charge in [-0.3, -0.25) is 4.98 Å². The number of anilines is 1. The number of pyridine rings is 1. The number of hydrogen-bond acceptors (Lipinski definition) is 2. The fourth-order valence-electron chi connectivity index (χ4n) is 1.25. The molecular formula is C13H8ClFN2. The number of aromatic nitrogens is 1. The van der Waals surface area contributed by atoms with E-state index in [1.807, 2.05) is 0 Å². The van der Waals surface area contributed by atoms with Crippen molar-refractivity contribution in [3.63, 3.8) is 0 Å². The predicted octanol–water partition coefficient (Wildman–Crippen LogP) is 2.86. The Labute approximate surface area is 103 Å². The number of nitrogens with two attached hydrogens (primary N) is 1. The van der Waals surface area contributed by atoms with E-state index in [1.165, 1.54) is 18.3 Å². The number of halogens is 2. The molecule has 1 aromatic carbocycles. The van der Waals surface area contributed by atoms with Gasteiger partial charge in [-0.2, -0.15) is 0 Å². The van der Waals surface area contributed by atoms with Crippen LogP contribution in [0.4, 0.5) is 10.1 Å². The third kappa shape index (κ3) is 2.96. The van der Waals surface area contributed by atoms with Crippen LogP contribution in [0.3, 0.4) is 0 Å². The van der Waals surface area contributed by atoms with Crippen LogP contribution >= 0.6 is 11.6 Å². The lowest BCUT2D eigenvalue weighted by molar-refractivity contribution is 0.632. The van der Waals surface area contributed by atoms with Gasteiger partial charge in [0.1, 0.15) is 5.82 Å². The Balaban J connectivity index is 2.30. The fraction of sp³-hybridized carbons (Fsp3) is 0. The number of rotatable bonds is 0. The Hall–Kier alpha value is -2.05. The van der Waals surface area contributed by atoms with Crippen LogP contribution < -0.4 is 5.73 Å². The van der Waals surface area contributed by atoms with Crippen molar-refractivity contribution in [3.8, 4) is 11.8 Å². The van der Waals surface area contributed by atoms with Crippen molar-refractivity contribution in [2.75, 3.05) is 5.73 Å². The molecule has 1 aromatic heterocycles. The lowest BCUT2D eigenvalue weighted by atomic mass is 10.2. The molecule has 1 heterocycles.